The van der Waals surface area contributed by atoms with E-state index < -0.39 is 36.6 Å². The predicted molar refractivity (Wildman–Crippen MR) is 30.3 cm³/mol. The molecule has 0 bridgehead atoms. The fourth-order valence-corrected chi connectivity index (χ4v) is 1.15. The van der Waals surface area contributed by atoms with Gasteiger partial charge in [0, 0.05) is 12.3 Å². The highest BCUT2D eigenvalue weighted by Gasteiger charge is 2.71. The third kappa shape index (κ3) is 1.15. The molecular formula is C6H6F4O2. The van der Waals surface area contributed by atoms with Crippen molar-refractivity contribution in [3.8, 4) is 0 Å². The second-order valence-electron chi connectivity index (χ2n) is 2.83. The van der Waals surface area contributed by atoms with Gasteiger partial charge in [-0.3, -0.25) is 4.79 Å². The summed E-state index contributed by atoms with van der Waals surface area (Å²) in [5.74, 6) is -11.4. The molecule has 1 N–H and O–H groups in total. The Hall–Kier alpha value is -0.810. The van der Waals surface area contributed by atoms with Crippen LogP contribution in [0.5, 0.6) is 0 Å². The van der Waals surface area contributed by atoms with Crippen molar-refractivity contribution in [3.63, 3.8) is 0 Å². The topological polar surface area (TPSA) is 37.3 Å². The van der Waals surface area contributed by atoms with E-state index in [9.17, 15) is 22.4 Å². The minimum atomic E-state index is -4.15. The number of carboxylic acids is 1. The molecule has 1 atom stereocenters. The molecule has 0 unspecified atom stereocenters. The minimum Gasteiger partial charge on any atom is -0.481 e. The lowest BCUT2D eigenvalue weighted by Crippen LogP contribution is -2.59. The largest absolute Gasteiger partial charge is 0.481 e. The lowest BCUT2D eigenvalue weighted by molar-refractivity contribution is -0.313. The second-order valence-corrected chi connectivity index (χ2v) is 2.83. The van der Waals surface area contributed by atoms with Gasteiger partial charge in [0.15, 0.2) is 0 Å². The van der Waals surface area contributed by atoms with Crippen molar-refractivity contribution < 1.29 is 27.5 Å². The van der Waals surface area contributed by atoms with Crippen molar-refractivity contribution in [3.05, 3.63) is 0 Å². The molecule has 0 saturated heterocycles. The average molecular weight is 186 g/mol. The summed E-state index contributed by atoms with van der Waals surface area (Å²) in [6.45, 7) is 0. The van der Waals surface area contributed by atoms with Gasteiger partial charge in [0.1, 0.15) is 0 Å². The molecule has 0 aromatic heterocycles. The molecule has 2 nitrogen and oxygen atoms in total. The van der Waals surface area contributed by atoms with Gasteiger partial charge in [-0.05, 0) is 0 Å². The van der Waals surface area contributed by atoms with Crippen molar-refractivity contribution in [2.75, 3.05) is 0 Å². The van der Waals surface area contributed by atoms with Gasteiger partial charge < -0.3 is 5.11 Å². The molecule has 0 spiro atoms. The van der Waals surface area contributed by atoms with Gasteiger partial charge in [0.2, 0.25) is 0 Å². The van der Waals surface area contributed by atoms with E-state index in [4.69, 9.17) is 5.11 Å². The maximum absolute atomic E-state index is 12.3. The highest BCUT2D eigenvalue weighted by molar-refractivity contribution is 5.67. The molecule has 1 aliphatic carbocycles. The molecule has 1 rings (SSSR count). The molecule has 1 saturated carbocycles. The van der Waals surface area contributed by atoms with E-state index in [1.807, 2.05) is 0 Å². The number of carbonyl (C=O) groups is 1. The monoisotopic (exact) mass is 186 g/mol. The molecule has 0 aromatic rings. The van der Waals surface area contributed by atoms with E-state index in [1.54, 1.807) is 0 Å². The quantitative estimate of drug-likeness (QED) is 0.667. The van der Waals surface area contributed by atoms with E-state index in [2.05, 4.69) is 0 Å². The number of hydrogen-bond donors (Lipinski definition) is 1. The summed E-state index contributed by atoms with van der Waals surface area (Å²) >= 11 is 0. The molecule has 1 fully saturated rings. The summed E-state index contributed by atoms with van der Waals surface area (Å²) in [6.07, 6.45) is -1.94. The van der Waals surface area contributed by atoms with Crippen LogP contribution in [0.4, 0.5) is 17.6 Å². The summed E-state index contributed by atoms with van der Waals surface area (Å²) in [7, 11) is 0. The van der Waals surface area contributed by atoms with Gasteiger partial charge in [-0.1, -0.05) is 0 Å². The van der Waals surface area contributed by atoms with E-state index in [1.165, 1.54) is 0 Å². The Kier molecular flexibility index (Phi) is 1.81. The van der Waals surface area contributed by atoms with E-state index >= 15 is 0 Å². The molecule has 70 valence electrons. The Morgan fingerprint density at radius 2 is 1.92 bits per heavy atom. The maximum atomic E-state index is 12.3. The van der Waals surface area contributed by atoms with Crippen molar-refractivity contribution in [1.82, 2.24) is 0 Å². The number of rotatable bonds is 2. The Labute approximate surface area is 65.2 Å². The summed E-state index contributed by atoms with van der Waals surface area (Å²) < 4.78 is 48.8. The number of halogens is 4. The highest BCUT2D eigenvalue weighted by atomic mass is 19.3. The van der Waals surface area contributed by atoms with Crippen molar-refractivity contribution >= 4 is 5.97 Å². The average Bonchev–Trinajstić information content (AvgIpc) is 1.85. The summed E-state index contributed by atoms with van der Waals surface area (Å²) in [4.78, 5) is 9.92. The minimum absolute atomic E-state index is 0.900. The lowest BCUT2D eigenvalue weighted by Gasteiger charge is -2.43. The predicted octanol–water partition coefficient (Wildman–Crippen LogP) is 1.75. The van der Waals surface area contributed by atoms with Gasteiger partial charge >= 0.3 is 17.8 Å². The molecule has 0 amide bonds. The molecule has 0 aliphatic heterocycles. The van der Waals surface area contributed by atoms with Crippen LogP contribution in [0.2, 0.25) is 0 Å². The van der Waals surface area contributed by atoms with E-state index in [0.717, 1.165) is 0 Å². The first kappa shape index (κ1) is 9.28. The zero-order chi connectivity index (χ0) is 9.57. The second kappa shape index (κ2) is 2.34. The Balaban J connectivity index is 2.60. The molecule has 6 heteroatoms. The van der Waals surface area contributed by atoms with Gasteiger partial charge in [-0.25, -0.2) is 0 Å². The lowest BCUT2D eigenvalue weighted by atomic mass is 9.75. The third-order valence-corrected chi connectivity index (χ3v) is 1.92. The molecule has 0 heterocycles. The van der Waals surface area contributed by atoms with Gasteiger partial charge in [0.25, 0.3) is 0 Å². The molecule has 0 radical (unpaired) electrons. The van der Waals surface area contributed by atoms with Crippen LogP contribution in [0, 0.1) is 5.92 Å². The van der Waals surface area contributed by atoms with Crippen LogP contribution in [-0.2, 0) is 4.79 Å². The standard InChI is InChI=1S/C6H6F4O2/c7-5(8)2-3(1-4(11)12)6(5,9)10/h3H,1-2H2,(H,11,12)/t3-/m1/s1. The van der Waals surface area contributed by atoms with Gasteiger partial charge in [0.05, 0.1) is 6.42 Å². The first-order valence-corrected chi connectivity index (χ1v) is 3.25. The fourth-order valence-electron chi connectivity index (χ4n) is 1.15. The first-order chi connectivity index (χ1) is 5.27. The van der Waals surface area contributed by atoms with Crippen LogP contribution >= 0.6 is 0 Å². The fraction of sp³-hybridized carbons (Fsp3) is 0.833. The van der Waals surface area contributed by atoms with Crippen LogP contribution in [0.25, 0.3) is 0 Å². The SMILES string of the molecule is O=C(O)C[C@@H]1CC(F)(F)C1(F)F. The van der Waals surface area contributed by atoms with E-state index in [-0.39, 0.29) is 0 Å². The van der Waals surface area contributed by atoms with Crippen LogP contribution in [0.3, 0.4) is 0 Å². The zero-order valence-electron chi connectivity index (χ0n) is 5.86. The van der Waals surface area contributed by atoms with Crippen molar-refractivity contribution in [1.29, 1.82) is 0 Å². The van der Waals surface area contributed by atoms with Crippen molar-refractivity contribution in [2.24, 2.45) is 5.92 Å². The van der Waals surface area contributed by atoms with Crippen molar-refractivity contribution in [2.45, 2.75) is 24.7 Å². The Morgan fingerprint density at radius 3 is 2.17 bits per heavy atom. The first-order valence-electron chi connectivity index (χ1n) is 3.25. The number of carboxylic acid groups (broad SMARTS) is 1. The Morgan fingerprint density at radius 1 is 1.42 bits per heavy atom. The smallest absolute Gasteiger partial charge is 0.313 e. The summed E-state index contributed by atoms with van der Waals surface area (Å²) in [6, 6.07) is 0. The molecule has 12 heavy (non-hydrogen) atoms. The number of alkyl halides is 4. The highest BCUT2D eigenvalue weighted by Crippen LogP contribution is 2.56. The number of hydrogen-bond acceptors (Lipinski definition) is 1. The van der Waals surface area contributed by atoms with Gasteiger partial charge in [-0.15, -0.1) is 0 Å². The maximum Gasteiger partial charge on any atom is 0.313 e. The van der Waals surface area contributed by atoms with Crippen LogP contribution in [-0.4, -0.2) is 22.9 Å². The van der Waals surface area contributed by atoms with E-state index in [0.29, 0.717) is 0 Å². The van der Waals surface area contributed by atoms with Crippen LogP contribution in [0.15, 0.2) is 0 Å². The zero-order valence-corrected chi connectivity index (χ0v) is 5.86. The third-order valence-electron chi connectivity index (χ3n) is 1.92. The molecule has 1 aliphatic rings. The number of aliphatic carboxylic acids is 1. The van der Waals surface area contributed by atoms with Crippen LogP contribution in [0.1, 0.15) is 12.8 Å². The van der Waals surface area contributed by atoms with Crippen LogP contribution < -0.4 is 0 Å². The normalized spacial score (nSPS) is 30.8. The Bertz CT molecular complexity index is 214. The molecular weight excluding hydrogens is 180 g/mol. The summed E-state index contributed by atoms with van der Waals surface area (Å²) in [5, 5.41) is 8.07. The summed E-state index contributed by atoms with van der Waals surface area (Å²) in [5.41, 5.74) is 0. The van der Waals surface area contributed by atoms with Gasteiger partial charge in [-0.2, -0.15) is 17.6 Å². The molecule has 0 aromatic carbocycles.